The maximum Gasteiger partial charge on any atom is 0.391 e. The second kappa shape index (κ2) is 4.74. The van der Waals surface area contributed by atoms with Gasteiger partial charge in [0.25, 0.3) is 0 Å². The second-order valence-corrected chi connectivity index (χ2v) is 6.53. The zero-order valence-corrected chi connectivity index (χ0v) is 10.1. The minimum absolute atomic E-state index is 0.218. The minimum Gasteiger partial charge on any atom is -0.389 e. The molecular formula is C10H20O2Si. The molecule has 0 radical (unpaired) electrons. The van der Waals surface area contributed by atoms with Gasteiger partial charge in [-0.3, -0.25) is 0 Å². The van der Waals surface area contributed by atoms with Crippen LogP contribution in [0.1, 0.15) is 27.7 Å². The van der Waals surface area contributed by atoms with E-state index in [1.807, 2.05) is 27.7 Å². The lowest BCUT2D eigenvalue weighted by Gasteiger charge is -2.32. The first-order valence-electron chi connectivity index (χ1n) is 4.50. The van der Waals surface area contributed by atoms with Crippen LogP contribution >= 0.6 is 0 Å². The topological polar surface area (TPSA) is 18.5 Å². The lowest BCUT2D eigenvalue weighted by Crippen LogP contribution is -2.44. The third kappa shape index (κ3) is 4.41. The van der Waals surface area contributed by atoms with Crippen molar-refractivity contribution in [3.63, 3.8) is 0 Å². The molecule has 0 fully saturated rings. The molecule has 0 aliphatic rings. The molecule has 0 saturated heterocycles. The SMILES string of the molecule is C=C[Si](C=C)(OCC)OC(C)(C)C. The van der Waals surface area contributed by atoms with Crippen molar-refractivity contribution in [1.82, 2.24) is 0 Å². The van der Waals surface area contributed by atoms with Crippen molar-refractivity contribution in [2.24, 2.45) is 0 Å². The molecule has 0 unspecified atom stereocenters. The van der Waals surface area contributed by atoms with E-state index in [1.165, 1.54) is 0 Å². The Morgan fingerprint density at radius 1 is 1.23 bits per heavy atom. The summed E-state index contributed by atoms with van der Waals surface area (Å²) >= 11 is 0. The molecule has 0 spiro atoms. The van der Waals surface area contributed by atoms with Crippen LogP contribution in [0.2, 0.25) is 0 Å². The summed E-state index contributed by atoms with van der Waals surface area (Å²) in [7, 11) is -2.35. The quantitative estimate of drug-likeness (QED) is 0.635. The van der Waals surface area contributed by atoms with E-state index in [0.717, 1.165) is 0 Å². The largest absolute Gasteiger partial charge is 0.391 e. The molecule has 0 aromatic rings. The standard InChI is InChI=1S/C10H20O2Si/c1-7-11-13(8-2,9-3)12-10(4,5)6/h8-9H,2-3,7H2,1,4-6H3. The molecule has 13 heavy (non-hydrogen) atoms. The van der Waals surface area contributed by atoms with Crippen LogP contribution in [0, 0.1) is 0 Å². The summed E-state index contributed by atoms with van der Waals surface area (Å²) in [5.74, 6) is 0. The Morgan fingerprint density at radius 2 is 1.69 bits per heavy atom. The van der Waals surface area contributed by atoms with Gasteiger partial charge in [0.1, 0.15) is 0 Å². The van der Waals surface area contributed by atoms with Gasteiger partial charge in [0, 0.05) is 6.61 Å². The molecule has 0 amide bonds. The van der Waals surface area contributed by atoms with E-state index in [-0.39, 0.29) is 5.60 Å². The third-order valence-electron chi connectivity index (χ3n) is 1.40. The van der Waals surface area contributed by atoms with E-state index in [2.05, 4.69) is 13.2 Å². The van der Waals surface area contributed by atoms with E-state index in [4.69, 9.17) is 8.85 Å². The van der Waals surface area contributed by atoms with Crippen molar-refractivity contribution in [3.05, 3.63) is 24.6 Å². The first-order chi connectivity index (χ1) is 5.89. The molecule has 0 aliphatic heterocycles. The average molecular weight is 200 g/mol. The molecule has 76 valence electrons. The lowest BCUT2D eigenvalue weighted by atomic mass is 10.2. The summed E-state index contributed by atoms with van der Waals surface area (Å²) < 4.78 is 11.4. The lowest BCUT2D eigenvalue weighted by molar-refractivity contribution is 0.0786. The second-order valence-electron chi connectivity index (χ2n) is 3.78. The van der Waals surface area contributed by atoms with Gasteiger partial charge in [0.15, 0.2) is 0 Å². The van der Waals surface area contributed by atoms with Crippen LogP contribution < -0.4 is 0 Å². The molecule has 0 bridgehead atoms. The Morgan fingerprint density at radius 3 is 1.92 bits per heavy atom. The smallest absolute Gasteiger partial charge is 0.389 e. The predicted octanol–water partition coefficient (Wildman–Crippen LogP) is 2.73. The first kappa shape index (κ1) is 12.6. The van der Waals surface area contributed by atoms with E-state index in [1.54, 1.807) is 11.4 Å². The van der Waals surface area contributed by atoms with E-state index >= 15 is 0 Å². The van der Waals surface area contributed by atoms with Crippen molar-refractivity contribution in [2.75, 3.05) is 6.61 Å². The van der Waals surface area contributed by atoms with Crippen molar-refractivity contribution in [2.45, 2.75) is 33.3 Å². The van der Waals surface area contributed by atoms with E-state index in [9.17, 15) is 0 Å². The van der Waals surface area contributed by atoms with Crippen molar-refractivity contribution in [3.8, 4) is 0 Å². The van der Waals surface area contributed by atoms with Crippen LogP contribution in [-0.2, 0) is 8.85 Å². The van der Waals surface area contributed by atoms with Crippen LogP contribution in [0.15, 0.2) is 24.6 Å². The Labute approximate surface area is 82.5 Å². The Kier molecular flexibility index (Phi) is 4.60. The average Bonchev–Trinajstić information content (AvgIpc) is 2.01. The minimum atomic E-state index is -2.35. The first-order valence-corrected chi connectivity index (χ1v) is 6.47. The van der Waals surface area contributed by atoms with Crippen LogP contribution in [0.25, 0.3) is 0 Å². The molecule has 0 aromatic heterocycles. The van der Waals surface area contributed by atoms with Crippen LogP contribution in [0.3, 0.4) is 0 Å². The van der Waals surface area contributed by atoms with Gasteiger partial charge < -0.3 is 8.85 Å². The highest BCUT2D eigenvalue weighted by molar-refractivity contribution is 6.77. The third-order valence-corrected chi connectivity index (χ3v) is 4.21. The maximum atomic E-state index is 5.84. The Balaban J connectivity index is 4.57. The summed E-state index contributed by atoms with van der Waals surface area (Å²) in [5, 5.41) is 0. The van der Waals surface area contributed by atoms with Gasteiger partial charge in [0.2, 0.25) is 0 Å². The molecule has 0 aromatic carbocycles. The molecule has 3 heteroatoms. The van der Waals surface area contributed by atoms with Gasteiger partial charge >= 0.3 is 8.56 Å². The predicted molar refractivity (Wildman–Crippen MR) is 58.6 cm³/mol. The van der Waals surface area contributed by atoms with Gasteiger partial charge in [-0.1, -0.05) is 0 Å². The van der Waals surface area contributed by atoms with Crippen LogP contribution in [0.4, 0.5) is 0 Å². The fourth-order valence-corrected chi connectivity index (χ4v) is 3.05. The van der Waals surface area contributed by atoms with Crippen LogP contribution in [0.5, 0.6) is 0 Å². The molecule has 2 nitrogen and oxygen atoms in total. The fraction of sp³-hybridized carbons (Fsp3) is 0.600. The molecule has 0 saturated carbocycles. The summed E-state index contributed by atoms with van der Waals surface area (Å²) in [5.41, 5.74) is 3.30. The monoisotopic (exact) mass is 200 g/mol. The van der Waals surface area contributed by atoms with Crippen molar-refractivity contribution >= 4 is 8.56 Å². The van der Waals surface area contributed by atoms with Crippen molar-refractivity contribution < 1.29 is 8.85 Å². The zero-order chi connectivity index (χ0) is 10.5. The number of hydrogen-bond donors (Lipinski definition) is 0. The molecule has 0 rings (SSSR count). The molecular weight excluding hydrogens is 180 g/mol. The molecule has 0 aliphatic carbocycles. The summed E-state index contributed by atoms with van der Waals surface area (Å²) in [6, 6.07) is 0. The normalized spacial score (nSPS) is 12.6. The summed E-state index contributed by atoms with van der Waals surface area (Å²) in [6.07, 6.45) is 0. The van der Waals surface area contributed by atoms with Gasteiger partial charge in [-0.2, -0.15) is 0 Å². The molecule has 0 N–H and O–H groups in total. The molecule has 0 heterocycles. The molecule has 0 atom stereocenters. The highest BCUT2D eigenvalue weighted by Gasteiger charge is 2.34. The van der Waals surface area contributed by atoms with Gasteiger partial charge in [-0.15, -0.1) is 13.2 Å². The van der Waals surface area contributed by atoms with E-state index < -0.39 is 8.56 Å². The summed E-state index contributed by atoms with van der Waals surface area (Å²) in [4.78, 5) is 0. The Hall–Kier alpha value is -0.383. The number of hydrogen-bond acceptors (Lipinski definition) is 2. The van der Waals surface area contributed by atoms with E-state index in [0.29, 0.717) is 6.61 Å². The fourth-order valence-electron chi connectivity index (χ4n) is 1.02. The van der Waals surface area contributed by atoms with Crippen LogP contribution in [-0.4, -0.2) is 20.8 Å². The highest BCUT2D eigenvalue weighted by Crippen LogP contribution is 2.19. The van der Waals surface area contributed by atoms with Crippen molar-refractivity contribution in [1.29, 1.82) is 0 Å². The van der Waals surface area contributed by atoms with Gasteiger partial charge in [0.05, 0.1) is 5.60 Å². The zero-order valence-electron chi connectivity index (χ0n) is 9.09. The highest BCUT2D eigenvalue weighted by atomic mass is 28.4. The maximum absolute atomic E-state index is 5.84. The van der Waals surface area contributed by atoms with Gasteiger partial charge in [-0.25, -0.2) is 0 Å². The summed E-state index contributed by atoms with van der Waals surface area (Å²) in [6.45, 7) is 16.1. The Bertz CT molecular complexity index is 174. The number of rotatable bonds is 5. The van der Waals surface area contributed by atoms with Gasteiger partial charge in [-0.05, 0) is 39.1 Å².